The van der Waals surface area contributed by atoms with Gasteiger partial charge < -0.3 is 10.4 Å². The van der Waals surface area contributed by atoms with Crippen LogP contribution in [-0.2, 0) is 9.59 Å². The Hall–Kier alpha value is -1.56. The molecule has 0 aromatic carbocycles. The zero-order chi connectivity index (χ0) is 14.3. The fourth-order valence-electron chi connectivity index (χ4n) is 1.50. The number of carboxylic acids is 1. The minimum absolute atomic E-state index is 0.166. The minimum atomic E-state index is -0.995. The second-order valence-electron chi connectivity index (χ2n) is 4.54. The quantitative estimate of drug-likeness (QED) is 0.745. The van der Waals surface area contributed by atoms with Crippen LogP contribution in [0.2, 0.25) is 0 Å². The maximum atomic E-state index is 11.7. The number of aliphatic carboxylic acids is 1. The Morgan fingerprint density at radius 1 is 1.42 bits per heavy atom. The number of hydrogen-bond donors (Lipinski definition) is 2. The van der Waals surface area contributed by atoms with Gasteiger partial charge >= 0.3 is 5.97 Å². The number of hydrogen-bond acceptors (Lipinski definition) is 4. The molecule has 104 valence electrons. The van der Waals surface area contributed by atoms with Crippen LogP contribution in [0, 0.1) is 5.92 Å². The second kappa shape index (κ2) is 7.78. The number of thioether (sulfide) groups is 1. The monoisotopic (exact) mass is 282 g/mol. The average molecular weight is 282 g/mol. The van der Waals surface area contributed by atoms with Gasteiger partial charge in [0.15, 0.2) is 0 Å². The van der Waals surface area contributed by atoms with Crippen molar-refractivity contribution in [2.24, 2.45) is 5.92 Å². The average Bonchev–Trinajstić information content (AvgIpc) is 2.36. The van der Waals surface area contributed by atoms with E-state index in [0.717, 1.165) is 5.03 Å². The summed E-state index contributed by atoms with van der Waals surface area (Å²) in [6, 6.07) is 4.62. The number of rotatable bonds is 7. The Bertz CT molecular complexity index is 423. The van der Waals surface area contributed by atoms with Gasteiger partial charge in [-0.25, -0.2) is 9.78 Å². The number of nitrogens with one attached hydrogen (secondary N) is 1. The summed E-state index contributed by atoms with van der Waals surface area (Å²) in [7, 11) is 0. The number of pyridine rings is 1. The highest BCUT2D eigenvalue weighted by Gasteiger charge is 2.20. The van der Waals surface area contributed by atoms with Crippen LogP contribution in [0.1, 0.15) is 20.3 Å². The third-order valence-corrected chi connectivity index (χ3v) is 3.27. The molecule has 0 radical (unpaired) electrons. The summed E-state index contributed by atoms with van der Waals surface area (Å²) in [6.07, 6.45) is 2.08. The lowest BCUT2D eigenvalue weighted by Gasteiger charge is -2.16. The van der Waals surface area contributed by atoms with Gasteiger partial charge in [-0.05, 0) is 24.5 Å². The van der Waals surface area contributed by atoms with Crippen LogP contribution in [0.4, 0.5) is 0 Å². The molecule has 19 heavy (non-hydrogen) atoms. The summed E-state index contributed by atoms with van der Waals surface area (Å²) >= 11 is 1.29. The SMILES string of the molecule is CC(C)CC(NC(=O)CSc1ccccn1)C(=O)O. The lowest BCUT2D eigenvalue weighted by molar-refractivity contribution is -0.141. The maximum absolute atomic E-state index is 11.7. The van der Waals surface area contributed by atoms with E-state index in [9.17, 15) is 9.59 Å². The number of carbonyl (C=O) groups excluding carboxylic acids is 1. The van der Waals surface area contributed by atoms with Crippen molar-refractivity contribution in [1.29, 1.82) is 0 Å². The van der Waals surface area contributed by atoms with Crippen molar-refractivity contribution in [3.8, 4) is 0 Å². The van der Waals surface area contributed by atoms with Gasteiger partial charge in [0, 0.05) is 6.20 Å². The molecule has 5 nitrogen and oxygen atoms in total. The molecule has 0 saturated heterocycles. The van der Waals surface area contributed by atoms with Crippen LogP contribution < -0.4 is 5.32 Å². The van der Waals surface area contributed by atoms with E-state index in [2.05, 4.69) is 10.3 Å². The third kappa shape index (κ3) is 6.24. The van der Waals surface area contributed by atoms with Gasteiger partial charge in [-0.15, -0.1) is 0 Å². The highest BCUT2D eigenvalue weighted by atomic mass is 32.2. The van der Waals surface area contributed by atoms with Crippen LogP contribution in [-0.4, -0.2) is 33.8 Å². The van der Waals surface area contributed by atoms with Gasteiger partial charge in [0.05, 0.1) is 10.8 Å². The van der Waals surface area contributed by atoms with Crippen LogP contribution >= 0.6 is 11.8 Å². The fourth-order valence-corrected chi connectivity index (χ4v) is 2.17. The molecule has 0 aliphatic heterocycles. The largest absolute Gasteiger partial charge is 0.480 e. The summed E-state index contributed by atoms with van der Waals surface area (Å²) in [5.74, 6) is -0.905. The Morgan fingerprint density at radius 2 is 2.16 bits per heavy atom. The number of carbonyl (C=O) groups is 2. The standard InChI is InChI=1S/C13H18N2O3S/c1-9(2)7-10(13(17)18)15-11(16)8-19-12-5-3-4-6-14-12/h3-6,9-10H,7-8H2,1-2H3,(H,15,16)(H,17,18). The Morgan fingerprint density at radius 3 is 2.68 bits per heavy atom. The van der Waals surface area contributed by atoms with Gasteiger partial charge in [0.25, 0.3) is 0 Å². The smallest absolute Gasteiger partial charge is 0.326 e. The highest BCUT2D eigenvalue weighted by molar-refractivity contribution is 7.99. The molecule has 2 N–H and O–H groups in total. The highest BCUT2D eigenvalue weighted by Crippen LogP contribution is 2.13. The predicted octanol–water partition coefficient (Wildman–Crippen LogP) is 1.79. The summed E-state index contributed by atoms with van der Waals surface area (Å²) in [6.45, 7) is 3.84. The molecular formula is C13H18N2O3S. The van der Waals surface area contributed by atoms with Crippen molar-refractivity contribution in [2.75, 3.05) is 5.75 Å². The van der Waals surface area contributed by atoms with Crippen molar-refractivity contribution in [2.45, 2.75) is 31.3 Å². The van der Waals surface area contributed by atoms with E-state index in [0.29, 0.717) is 6.42 Å². The molecule has 1 amide bonds. The third-order valence-electron chi connectivity index (χ3n) is 2.33. The summed E-state index contributed by atoms with van der Waals surface area (Å²) in [4.78, 5) is 26.8. The van der Waals surface area contributed by atoms with Gasteiger partial charge in [-0.3, -0.25) is 4.79 Å². The van der Waals surface area contributed by atoms with Gasteiger partial charge in [0.2, 0.25) is 5.91 Å². The summed E-state index contributed by atoms with van der Waals surface area (Å²) in [5.41, 5.74) is 0. The molecule has 0 aliphatic rings. The summed E-state index contributed by atoms with van der Waals surface area (Å²) < 4.78 is 0. The second-order valence-corrected chi connectivity index (χ2v) is 5.54. The zero-order valence-electron chi connectivity index (χ0n) is 11.0. The fraction of sp³-hybridized carbons (Fsp3) is 0.462. The molecule has 0 aliphatic carbocycles. The van der Waals surface area contributed by atoms with Crippen molar-refractivity contribution in [1.82, 2.24) is 10.3 Å². The molecule has 1 aromatic heterocycles. The number of aromatic nitrogens is 1. The molecular weight excluding hydrogens is 264 g/mol. The molecule has 1 atom stereocenters. The van der Waals surface area contributed by atoms with Crippen LogP contribution in [0.15, 0.2) is 29.4 Å². The van der Waals surface area contributed by atoms with E-state index in [-0.39, 0.29) is 17.6 Å². The Labute approximate surface area is 116 Å². The van der Waals surface area contributed by atoms with Crippen LogP contribution in [0.5, 0.6) is 0 Å². The molecule has 6 heteroatoms. The molecule has 1 unspecified atom stereocenters. The van der Waals surface area contributed by atoms with Crippen molar-refractivity contribution in [3.05, 3.63) is 24.4 Å². The molecule has 1 aromatic rings. The molecule has 0 fully saturated rings. The van der Waals surface area contributed by atoms with E-state index in [1.165, 1.54) is 11.8 Å². The Balaban J connectivity index is 2.42. The maximum Gasteiger partial charge on any atom is 0.326 e. The molecule has 1 rings (SSSR count). The van der Waals surface area contributed by atoms with E-state index in [1.807, 2.05) is 19.9 Å². The van der Waals surface area contributed by atoms with Crippen molar-refractivity contribution < 1.29 is 14.7 Å². The van der Waals surface area contributed by atoms with Crippen molar-refractivity contribution in [3.63, 3.8) is 0 Å². The van der Waals surface area contributed by atoms with Gasteiger partial charge in [-0.1, -0.05) is 31.7 Å². The van der Waals surface area contributed by atoms with Crippen molar-refractivity contribution >= 4 is 23.6 Å². The predicted molar refractivity (Wildman–Crippen MR) is 74.0 cm³/mol. The molecule has 0 spiro atoms. The molecule has 0 saturated carbocycles. The first kappa shape index (κ1) is 15.5. The van der Waals surface area contributed by atoms with Crippen LogP contribution in [0.25, 0.3) is 0 Å². The normalized spacial score (nSPS) is 12.2. The first-order valence-corrected chi connectivity index (χ1v) is 7.03. The zero-order valence-corrected chi connectivity index (χ0v) is 11.8. The number of carboxylic acid groups (broad SMARTS) is 1. The van der Waals surface area contributed by atoms with E-state index >= 15 is 0 Å². The van der Waals surface area contributed by atoms with Crippen LogP contribution in [0.3, 0.4) is 0 Å². The minimum Gasteiger partial charge on any atom is -0.480 e. The Kier molecular flexibility index (Phi) is 6.35. The summed E-state index contributed by atoms with van der Waals surface area (Å²) in [5, 5.41) is 12.3. The van der Waals surface area contributed by atoms with E-state index in [4.69, 9.17) is 5.11 Å². The van der Waals surface area contributed by atoms with E-state index < -0.39 is 12.0 Å². The lowest BCUT2D eigenvalue weighted by Crippen LogP contribution is -2.42. The number of amides is 1. The topological polar surface area (TPSA) is 79.3 Å². The lowest BCUT2D eigenvalue weighted by atomic mass is 10.0. The van der Waals surface area contributed by atoms with E-state index in [1.54, 1.807) is 18.3 Å². The molecule has 1 heterocycles. The first-order valence-electron chi connectivity index (χ1n) is 6.05. The molecule has 0 bridgehead atoms. The van der Waals surface area contributed by atoms with Gasteiger partial charge in [0.1, 0.15) is 6.04 Å². The van der Waals surface area contributed by atoms with Gasteiger partial charge in [-0.2, -0.15) is 0 Å². The first-order chi connectivity index (χ1) is 8.99. The number of nitrogens with zero attached hydrogens (tertiary/aromatic N) is 1.